The number of aryl methyl sites for hydroxylation is 2. The molecule has 32 heavy (non-hydrogen) atoms. The smallest absolute Gasteiger partial charge is 0.309 e. The van der Waals surface area contributed by atoms with E-state index in [0.717, 1.165) is 64.9 Å². The molecular weight excluding hydrogens is 402 g/mol. The number of nitrogens with zero attached hydrogens (tertiary/aromatic N) is 1. The lowest BCUT2D eigenvalue weighted by Gasteiger charge is -2.32. The Kier molecular flexibility index (Phi) is 6.49. The summed E-state index contributed by atoms with van der Waals surface area (Å²) >= 11 is 0. The number of piperidine rings is 1. The Morgan fingerprint density at radius 2 is 1.78 bits per heavy atom. The van der Waals surface area contributed by atoms with Gasteiger partial charge in [-0.3, -0.25) is 9.59 Å². The van der Waals surface area contributed by atoms with Gasteiger partial charge in [-0.25, -0.2) is 0 Å². The monoisotopic (exact) mass is 433 g/mol. The minimum Gasteiger partial charge on any atom is -0.466 e. The number of pyridine rings is 1. The van der Waals surface area contributed by atoms with Crippen molar-refractivity contribution in [3.63, 3.8) is 0 Å². The highest BCUT2D eigenvalue weighted by Crippen LogP contribution is 2.26. The highest BCUT2D eigenvalue weighted by Gasteiger charge is 2.26. The molecule has 2 aromatic carbocycles. The number of carbonyl (C=O) groups is 1. The van der Waals surface area contributed by atoms with E-state index in [1.165, 1.54) is 0 Å². The number of nitrogens with one attached hydrogen (secondary N) is 2. The van der Waals surface area contributed by atoms with Gasteiger partial charge in [-0.15, -0.1) is 0 Å². The Bertz CT molecular complexity index is 1160. The molecule has 4 rings (SSSR count). The predicted octanol–water partition coefficient (Wildman–Crippen LogP) is 4.54. The number of hydrogen-bond donors (Lipinski definition) is 2. The summed E-state index contributed by atoms with van der Waals surface area (Å²) in [6.45, 7) is 8.52. The Hall–Kier alpha value is -3.28. The summed E-state index contributed by atoms with van der Waals surface area (Å²) in [4.78, 5) is 29.8. The largest absolute Gasteiger partial charge is 0.466 e. The van der Waals surface area contributed by atoms with E-state index in [2.05, 4.69) is 40.3 Å². The van der Waals surface area contributed by atoms with E-state index in [0.29, 0.717) is 13.2 Å². The van der Waals surface area contributed by atoms with Crippen molar-refractivity contribution in [1.29, 1.82) is 0 Å². The quantitative estimate of drug-likeness (QED) is 0.559. The van der Waals surface area contributed by atoms with Gasteiger partial charge in [0.25, 0.3) is 5.56 Å². The van der Waals surface area contributed by atoms with E-state index in [-0.39, 0.29) is 17.4 Å². The minimum absolute atomic E-state index is 0.0135. The number of carbonyl (C=O) groups excluding carboxylic acids is 1. The molecule has 0 spiro atoms. The molecule has 1 fully saturated rings. The van der Waals surface area contributed by atoms with Crippen LogP contribution in [-0.2, 0) is 16.1 Å². The van der Waals surface area contributed by atoms with Gasteiger partial charge in [-0.05, 0) is 75.1 Å². The molecule has 6 heteroatoms. The maximum absolute atomic E-state index is 12.6. The standard InChI is InChI=1S/C26H31N3O3/c1-4-32-26(31)19-11-13-29(14-12-19)22-9-7-21(8-10-22)27-16-20-15-23-17(2)5-6-18(3)24(23)28-25(20)30/h5-10,15,19,27H,4,11-14,16H2,1-3H3,(H,28,30). The highest BCUT2D eigenvalue weighted by molar-refractivity contribution is 5.85. The zero-order valence-electron chi connectivity index (χ0n) is 19.0. The van der Waals surface area contributed by atoms with Crippen molar-refractivity contribution < 1.29 is 9.53 Å². The fourth-order valence-electron chi connectivity index (χ4n) is 4.37. The number of ether oxygens (including phenoxy) is 1. The molecule has 3 aromatic rings. The van der Waals surface area contributed by atoms with Crippen LogP contribution in [0.3, 0.4) is 0 Å². The number of anilines is 2. The van der Waals surface area contributed by atoms with Crippen molar-refractivity contribution in [2.45, 2.75) is 40.2 Å². The topological polar surface area (TPSA) is 74.4 Å². The lowest BCUT2D eigenvalue weighted by Crippen LogP contribution is -2.36. The summed E-state index contributed by atoms with van der Waals surface area (Å²) in [5, 5.41) is 4.45. The fourth-order valence-corrected chi connectivity index (χ4v) is 4.37. The zero-order chi connectivity index (χ0) is 22.7. The van der Waals surface area contributed by atoms with Crippen molar-refractivity contribution in [2.24, 2.45) is 5.92 Å². The summed E-state index contributed by atoms with van der Waals surface area (Å²) in [5.74, 6) is -0.0552. The summed E-state index contributed by atoms with van der Waals surface area (Å²) in [5.41, 5.74) is 5.91. The SMILES string of the molecule is CCOC(=O)C1CCN(c2ccc(NCc3cc4c(C)ccc(C)c4[nH]c3=O)cc2)CC1. The maximum Gasteiger partial charge on any atom is 0.309 e. The Morgan fingerprint density at radius 3 is 2.47 bits per heavy atom. The van der Waals surface area contributed by atoms with Crippen LogP contribution in [0.1, 0.15) is 36.5 Å². The fraction of sp³-hybridized carbons (Fsp3) is 0.385. The number of benzene rings is 2. The third kappa shape index (κ3) is 4.64. The van der Waals surface area contributed by atoms with Crippen LogP contribution in [0.25, 0.3) is 10.9 Å². The molecule has 0 bridgehead atoms. The maximum atomic E-state index is 12.6. The van der Waals surface area contributed by atoms with Gasteiger partial charge in [0, 0.05) is 42.0 Å². The first-order chi connectivity index (χ1) is 15.5. The zero-order valence-corrected chi connectivity index (χ0v) is 19.0. The van der Waals surface area contributed by atoms with Gasteiger partial charge < -0.3 is 19.9 Å². The first kappa shape index (κ1) is 21.9. The molecule has 1 aliphatic heterocycles. The van der Waals surface area contributed by atoms with Gasteiger partial charge in [0.15, 0.2) is 0 Å². The van der Waals surface area contributed by atoms with Gasteiger partial charge in [0.2, 0.25) is 0 Å². The lowest BCUT2D eigenvalue weighted by atomic mass is 9.96. The first-order valence-electron chi connectivity index (χ1n) is 11.3. The van der Waals surface area contributed by atoms with E-state index >= 15 is 0 Å². The predicted molar refractivity (Wildman–Crippen MR) is 129 cm³/mol. The number of aromatic nitrogens is 1. The molecular formula is C26H31N3O3. The minimum atomic E-state index is -0.0688. The number of aromatic amines is 1. The van der Waals surface area contributed by atoms with Crippen molar-refractivity contribution in [3.05, 3.63) is 69.5 Å². The number of hydrogen-bond acceptors (Lipinski definition) is 5. The number of esters is 1. The van der Waals surface area contributed by atoms with Crippen LogP contribution < -0.4 is 15.8 Å². The number of fused-ring (bicyclic) bond motifs is 1. The third-order valence-corrected chi connectivity index (χ3v) is 6.35. The molecule has 0 saturated carbocycles. The highest BCUT2D eigenvalue weighted by atomic mass is 16.5. The second kappa shape index (κ2) is 9.47. The molecule has 2 N–H and O–H groups in total. The van der Waals surface area contributed by atoms with Crippen LogP contribution in [0, 0.1) is 19.8 Å². The van der Waals surface area contributed by atoms with Gasteiger partial charge >= 0.3 is 5.97 Å². The van der Waals surface area contributed by atoms with Crippen molar-refractivity contribution in [1.82, 2.24) is 4.98 Å². The normalized spacial score (nSPS) is 14.5. The van der Waals surface area contributed by atoms with E-state index in [1.807, 2.05) is 38.1 Å². The Morgan fingerprint density at radius 1 is 1.09 bits per heavy atom. The average Bonchev–Trinajstić information content (AvgIpc) is 2.81. The number of rotatable bonds is 6. The van der Waals surface area contributed by atoms with Crippen LogP contribution in [0.2, 0.25) is 0 Å². The molecule has 6 nitrogen and oxygen atoms in total. The average molecular weight is 434 g/mol. The van der Waals surface area contributed by atoms with E-state index in [1.54, 1.807) is 0 Å². The molecule has 0 amide bonds. The molecule has 168 valence electrons. The molecule has 0 radical (unpaired) electrons. The second-order valence-corrected chi connectivity index (χ2v) is 8.53. The molecule has 0 unspecified atom stereocenters. The Balaban J connectivity index is 1.39. The van der Waals surface area contributed by atoms with E-state index < -0.39 is 0 Å². The van der Waals surface area contributed by atoms with Gasteiger partial charge in [-0.2, -0.15) is 0 Å². The van der Waals surface area contributed by atoms with Crippen molar-refractivity contribution >= 4 is 28.2 Å². The summed E-state index contributed by atoms with van der Waals surface area (Å²) in [7, 11) is 0. The first-order valence-corrected chi connectivity index (χ1v) is 11.3. The van der Waals surface area contributed by atoms with Gasteiger partial charge in [0.05, 0.1) is 18.0 Å². The number of H-pyrrole nitrogens is 1. The van der Waals surface area contributed by atoms with Crippen LogP contribution in [0.4, 0.5) is 11.4 Å². The summed E-state index contributed by atoms with van der Waals surface area (Å²) < 4.78 is 5.16. The van der Waals surface area contributed by atoms with Crippen molar-refractivity contribution in [2.75, 3.05) is 29.9 Å². The van der Waals surface area contributed by atoms with E-state index in [4.69, 9.17) is 4.74 Å². The Labute approximate surface area is 188 Å². The molecule has 1 saturated heterocycles. The van der Waals surface area contributed by atoms with Crippen LogP contribution in [0.5, 0.6) is 0 Å². The molecule has 0 atom stereocenters. The third-order valence-electron chi connectivity index (χ3n) is 6.35. The van der Waals surface area contributed by atoms with Crippen LogP contribution in [0.15, 0.2) is 47.3 Å². The second-order valence-electron chi connectivity index (χ2n) is 8.53. The van der Waals surface area contributed by atoms with Crippen LogP contribution >= 0.6 is 0 Å². The molecule has 0 aliphatic carbocycles. The summed E-state index contributed by atoms with van der Waals surface area (Å²) in [6, 6.07) is 14.4. The van der Waals surface area contributed by atoms with Gasteiger partial charge in [0.1, 0.15) is 0 Å². The lowest BCUT2D eigenvalue weighted by molar-refractivity contribution is -0.148. The molecule has 1 aromatic heterocycles. The van der Waals surface area contributed by atoms with Crippen LogP contribution in [-0.4, -0.2) is 30.6 Å². The van der Waals surface area contributed by atoms with E-state index in [9.17, 15) is 9.59 Å². The van der Waals surface area contributed by atoms with Gasteiger partial charge in [-0.1, -0.05) is 12.1 Å². The van der Waals surface area contributed by atoms with Crippen molar-refractivity contribution in [3.8, 4) is 0 Å². The summed E-state index contributed by atoms with van der Waals surface area (Å²) in [6.07, 6.45) is 1.64. The molecule has 2 heterocycles. The molecule has 1 aliphatic rings.